The second-order valence-electron chi connectivity index (χ2n) is 4.25. The number of ether oxygens (including phenoxy) is 1. The number of halogens is 3. The van der Waals surface area contributed by atoms with Gasteiger partial charge in [-0.25, -0.2) is 4.79 Å². The Morgan fingerprint density at radius 1 is 1.24 bits per heavy atom. The molecule has 0 bridgehead atoms. The third-order valence-electron chi connectivity index (χ3n) is 2.42. The van der Waals surface area contributed by atoms with E-state index in [1.807, 2.05) is 0 Å². The van der Waals surface area contributed by atoms with Crippen LogP contribution < -0.4 is 10.4 Å². The highest BCUT2D eigenvalue weighted by Gasteiger charge is 2.28. The van der Waals surface area contributed by atoms with Gasteiger partial charge in [0.25, 0.3) is 0 Å². The molecule has 0 saturated heterocycles. The number of alkyl halides is 3. The van der Waals surface area contributed by atoms with Crippen LogP contribution in [0.15, 0.2) is 29.2 Å². The number of hydrogen-bond acceptors (Lipinski definition) is 5. The molecule has 0 amide bonds. The zero-order valence-corrected chi connectivity index (χ0v) is 11.0. The van der Waals surface area contributed by atoms with Crippen LogP contribution in [0.4, 0.5) is 13.2 Å². The van der Waals surface area contributed by atoms with Gasteiger partial charge in [-0.3, -0.25) is 4.57 Å². The molecule has 0 spiro atoms. The summed E-state index contributed by atoms with van der Waals surface area (Å²) in [7, 11) is 0. The van der Waals surface area contributed by atoms with Crippen molar-refractivity contribution in [2.75, 3.05) is 6.61 Å². The normalized spacial score (nSPS) is 11.4. The number of aryl methyl sites for hydroxylation is 1. The SMILES string of the molecule is Cc1ccn(Cc2ccc(OCC(F)(F)F)nn2)c(=O)n1. The van der Waals surface area contributed by atoms with Crippen molar-refractivity contribution in [3.05, 3.63) is 46.3 Å². The average molecular weight is 300 g/mol. The summed E-state index contributed by atoms with van der Waals surface area (Å²) in [4.78, 5) is 15.3. The Kier molecular flexibility index (Phi) is 4.20. The Hall–Kier alpha value is -2.45. The summed E-state index contributed by atoms with van der Waals surface area (Å²) in [6, 6.07) is 4.36. The molecule has 2 heterocycles. The van der Waals surface area contributed by atoms with Gasteiger partial charge < -0.3 is 4.74 Å². The maximum atomic E-state index is 12.0. The highest BCUT2D eigenvalue weighted by Crippen LogP contribution is 2.16. The zero-order chi connectivity index (χ0) is 15.5. The summed E-state index contributed by atoms with van der Waals surface area (Å²) in [6.45, 7) is 0.388. The van der Waals surface area contributed by atoms with E-state index in [0.29, 0.717) is 11.4 Å². The first kappa shape index (κ1) is 14.9. The third-order valence-corrected chi connectivity index (χ3v) is 2.42. The van der Waals surface area contributed by atoms with Gasteiger partial charge in [0.2, 0.25) is 5.88 Å². The first-order valence-corrected chi connectivity index (χ1v) is 5.90. The molecule has 0 unspecified atom stereocenters. The second-order valence-corrected chi connectivity index (χ2v) is 4.25. The molecule has 0 fully saturated rings. The number of nitrogens with zero attached hydrogens (tertiary/aromatic N) is 4. The van der Waals surface area contributed by atoms with Crippen LogP contribution in [0, 0.1) is 6.92 Å². The molecule has 0 atom stereocenters. The lowest BCUT2D eigenvalue weighted by Crippen LogP contribution is -2.24. The van der Waals surface area contributed by atoms with Crippen LogP contribution in [0.5, 0.6) is 5.88 Å². The van der Waals surface area contributed by atoms with Crippen molar-refractivity contribution in [3.63, 3.8) is 0 Å². The zero-order valence-electron chi connectivity index (χ0n) is 11.0. The van der Waals surface area contributed by atoms with Gasteiger partial charge in [-0.1, -0.05) is 0 Å². The summed E-state index contributed by atoms with van der Waals surface area (Å²) in [5.41, 5.74) is 0.564. The summed E-state index contributed by atoms with van der Waals surface area (Å²) in [5, 5.41) is 7.23. The minimum absolute atomic E-state index is 0.124. The Labute approximate surface area is 117 Å². The molecule has 21 heavy (non-hydrogen) atoms. The maximum Gasteiger partial charge on any atom is 0.422 e. The van der Waals surface area contributed by atoms with Gasteiger partial charge >= 0.3 is 11.9 Å². The molecule has 0 aliphatic rings. The van der Waals surface area contributed by atoms with E-state index in [-0.39, 0.29) is 12.4 Å². The molecule has 112 valence electrons. The fourth-order valence-electron chi connectivity index (χ4n) is 1.47. The first-order chi connectivity index (χ1) is 9.83. The van der Waals surface area contributed by atoms with E-state index >= 15 is 0 Å². The Morgan fingerprint density at radius 3 is 2.57 bits per heavy atom. The van der Waals surface area contributed by atoms with Crippen LogP contribution >= 0.6 is 0 Å². The molecular formula is C12H11F3N4O2. The summed E-state index contributed by atoms with van der Waals surface area (Å²) in [5.74, 6) is -0.231. The van der Waals surface area contributed by atoms with Crippen molar-refractivity contribution in [3.8, 4) is 5.88 Å². The minimum atomic E-state index is -4.43. The van der Waals surface area contributed by atoms with E-state index in [1.165, 1.54) is 16.7 Å². The Balaban J connectivity index is 2.04. The van der Waals surface area contributed by atoms with Crippen molar-refractivity contribution in [2.24, 2.45) is 0 Å². The third kappa shape index (κ3) is 4.55. The predicted molar refractivity (Wildman–Crippen MR) is 65.9 cm³/mol. The molecule has 0 aliphatic heterocycles. The van der Waals surface area contributed by atoms with Gasteiger partial charge in [-0.05, 0) is 19.1 Å². The van der Waals surface area contributed by atoms with Crippen molar-refractivity contribution in [1.29, 1.82) is 0 Å². The topological polar surface area (TPSA) is 69.9 Å². The lowest BCUT2D eigenvalue weighted by molar-refractivity contribution is -0.154. The van der Waals surface area contributed by atoms with Crippen molar-refractivity contribution < 1.29 is 17.9 Å². The summed E-state index contributed by atoms with van der Waals surface area (Å²) in [6.07, 6.45) is -2.87. The maximum absolute atomic E-state index is 12.0. The molecular weight excluding hydrogens is 289 g/mol. The Bertz CT molecular complexity index is 667. The fourth-order valence-corrected chi connectivity index (χ4v) is 1.47. The molecule has 9 heteroatoms. The van der Waals surface area contributed by atoms with E-state index in [9.17, 15) is 18.0 Å². The fraction of sp³-hybridized carbons (Fsp3) is 0.333. The number of rotatable bonds is 4. The standard InChI is InChI=1S/C12H11F3N4O2/c1-8-4-5-19(11(20)16-8)6-9-2-3-10(18-17-9)21-7-12(13,14)15/h2-5H,6-7H2,1H3. The number of aromatic nitrogens is 4. The van der Waals surface area contributed by atoms with Crippen LogP contribution in [0.2, 0.25) is 0 Å². The summed E-state index contributed by atoms with van der Waals surface area (Å²) >= 11 is 0. The van der Waals surface area contributed by atoms with Gasteiger partial charge in [-0.15, -0.1) is 10.2 Å². The highest BCUT2D eigenvalue weighted by molar-refractivity contribution is 5.12. The van der Waals surface area contributed by atoms with Gasteiger partial charge in [0, 0.05) is 18.0 Å². The predicted octanol–water partition coefficient (Wildman–Crippen LogP) is 1.33. The smallest absolute Gasteiger partial charge is 0.422 e. The largest absolute Gasteiger partial charge is 0.467 e. The average Bonchev–Trinajstić information content (AvgIpc) is 2.40. The van der Waals surface area contributed by atoms with Gasteiger partial charge in [0.05, 0.1) is 12.2 Å². The van der Waals surface area contributed by atoms with Crippen molar-refractivity contribution in [2.45, 2.75) is 19.6 Å². The van der Waals surface area contributed by atoms with E-state index in [2.05, 4.69) is 19.9 Å². The van der Waals surface area contributed by atoms with Crippen LogP contribution in [0.1, 0.15) is 11.4 Å². The van der Waals surface area contributed by atoms with Crippen LogP contribution in [-0.2, 0) is 6.54 Å². The molecule has 0 aromatic carbocycles. The molecule has 0 saturated carbocycles. The highest BCUT2D eigenvalue weighted by atomic mass is 19.4. The quantitative estimate of drug-likeness (QED) is 0.852. The van der Waals surface area contributed by atoms with Crippen LogP contribution in [0.25, 0.3) is 0 Å². The van der Waals surface area contributed by atoms with Crippen LogP contribution in [0.3, 0.4) is 0 Å². The van der Waals surface area contributed by atoms with Crippen molar-refractivity contribution in [1.82, 2.24) is 19.7 Å². The van der Waals surface area contributed by atoms with Crippen LogP contribution in [-0.4, -0.2) is 32.5 Å². The molecule has 0 N–H and O–H groups in total. The molecule has 2 aromatic rings. The minimum Gasteiger partial charge on any atom is -0.467 e. The van der Waals surface area contributed by atoms with E-state index in [4.69, 9.17) is 0 Å². The lowest BCUT2D eigenvalue weighted by Gasteiger charge is -2.08. The van der Waals surface area contributed by atoms with E-state index < -0.39 is 18.5 Å². The Morgan fingerprint density at radius 2 is 2.00 bits per heavy atom. The second kappa shape index (κ2) is 5.90. The van der Waals surface area contributed by atoms with E-state index in [0.717, 1.165) is 0 Å². The molecule has 6 nitrogen and oxygen atoms in total. The van der Waals surface area contributed by atoms with Gasteiger partial charge in [0.1, 0.15) is 0 Å². The van der Waals surface area contributed by atoms with Gasteiger partial charge in [0.15, 0.2) is 6.61 Å². The number of hydrogen-bond donors (Lipinski definition) is 0. The molecule has 0 radical (unpaired) electrons. The first-order valence-electron chi connectivity index (χ1n) is 5.90. The lowest BCUT2D eigenvalue weighted by atomic mass is 10.3. The molecule has 2 rings (SSSR count). The molecule has 0 aliphatic carbocycles. The van der Waals surface area contributed by atoms with E-state index in [1.54, 1.807) is 19.2 Å². The molecule has 2 aromatic heterocycles. The van der Waals surface area contributed by atoms with Gasteiger partial charge in [-0.2, -0.15) is 18.2 Å². The van der Waals surface area contributed by atoms with Crippen molar-refractivity contribution >= 4 is 0 Å². The summed E-state index contributed by atoms with van der Waals surface area (Å²) < 4.78 is 41.6. The monoisotopic (exact) mass is 300 g/mol.